The van der Waals surface area contributed by atoms with E-state index in [1.54, 1.807) is 0 Å². The molecule has 1 aromatic rings. The zero-order chi connectivity index (χ0) is 9.03. The second kappa shape index (κ2) is 3.70. The van der Waals surface area contributed by atoms with Crippen molar-refractivity contribution in [3.63, 3.8) is 0 Å². The summed E-state index contributed by atoms with van der Waals surface area (Å²) in [7, 11) is 1.93. The quantitative estimate of drug-likeness (QED) is 0.701. The van der Waals surface area contributed by atoms with Gasteiger partial charge in [-0.2, -0.15) is 0 Å². The third kappa shape index (κ3) is 1.65. The molecule has 2 nitrogen and oxygen atoms in total. The second-order valence-corrected chi connectivity index (χ2v) is 3.15. The molecule has 0 saturated carbocycles. The molecule has 0 heterocycles. The fourth-order valence-corrected chi connectivity index (χ4v) is 1.17. The van der Waals surface area contributed by atoms with E-state index in [-0.39, 0.29) is 5.54 Å². The van der Waals surface area contributed by atoms with Crippen LogP contribution < -0.4 is 11.1 Å². The van der Waals surface area contributed by atoms with Crippen LogP contribution in [0.1, 0.15) is 12.5 Å². The molecule has 2 heteroatoms. The van der Waals surface area contributed by atoms with Gasteiger partial charge in [0.1, 0.15) is 0 Å². The first-order valence-corrected chi connectivity index (χ1v) is 4.17. The van der Waals surface area contributed by atoms with Crippen molar-refractivity contribution in [2.45, 2.75) is 12.5 Å². The van der Waals surface area contributed by atoms with Gasteiger partial charge in [0, 0.05) is 6.54 Å². The van der Waals surface area contributed by atoms with Crippen molar-refractivity contribution >= 4 is 0 Å². The maximum Gasteiger partial charge on any atom is 0.0527 e. The summed E-state index contributed by atoms with van der Waals surface area (Å²) in [5, 5.41) is 3.22. The van der Waals surface area contributed by atoms with Crippen molar-refractivity contribution in [3.8, 4) is 0 Å². The summed E-state index contributed by atoms with van der Waals surface area (Å²) in [5.41, 5.74) is 6.82. The van der Waals surface area contributed by atoms with Gasteiger partial charge in [-0.15, -0.1) is 0 Å². The highest BCUT2D eigenvalue weighted by Crippen LogP contribution is 2.17. The molecule has 12 heavy (non-hydrogen) atoms. The molecular weight excluding hydrogens is 148 g/mol. The Morgan fingerprint density at radius 2 is 1.92 bits per heavy atom. The van der Waals surface area contributed by atoms with Gasteiger partial charge in [0.15, 0.2) is 0 Å². The first-order chi connectivity index (χ1) is 5.73. The number of nitrogens with one attached hydrogen (secondary N) is 1. The highest BCUT2D eigenvalue weighted by molar-refractivity contribution is 5.23. The summed E-state index contributed by atoms with van der Waals surface area (Å²) in [6.07, 6.45) is 0. The SMILES string of the molecule is CN[C@@](C)(CN)c1ccccc1. The molecule has 0 aliphatic carbocycles. The van der Waals surface area contributed by atoms with Crippen LogP contribution in [0.5, 0.6) is 0 Å². The minimum Gasteiger partial charge on any atom is -0.328 e. The van der Waals surface area contributed by atoms with E-state index in [4.69, 9.17) is 5.73 Å². The van der Waals surface area contributed by atoms with Gasteiger partial charge >= 0.3 is 0 Å². The Balaban J connectivity index is 2.95. The minimum absolute atomic E-state index is 0.0960. The molecule has 0 bridgehead atoms. The number of likely N-dealkylation sites (N-methyl/N-ethyl adjacent to an activating group) is 1. The van der Waals surface area contributed by atoms with Crippen molar-refractivity contribution in [1.29, 1.82) is 0 Å². The maximum atomic E-state index is 5.69. The summed E-state index contributed by atoms with van der Waals surface area (Å²) in [6, 6.07) is 10.2. The van der Waals surface area contributed by atoms with E-state index in [1.165, 1.54) is 5.56 Å². The summed E-state index contributed by atoms with van der Waals surface area (Å²) in [4.78, 5) is 0. The molecule has 1 atom stereocenters. The van der Waals surface area contributed by atoms with Crippen LogP contribution >= 0.6 is 0 Å². The van der Waals surface area contributed by atoms with Crippen LogP contribution in [0.15, 0.2) is 30.3 Å². The molecule has 0 unspecified atom stereocenters. The third-order valence-corrected chi connectivity index (χ3v) is 2.37. The van der Waals surface area contributed by atoms with Gasteiger partial charge in [-0.25, -0.2) is 0 Å². The average molecular weight is 164 g/mol. The van der Waals surface area contributed by atoms with E-state index in [2.05, 4.69) is 24.4 Å². The summed E-state index contributed by atoms with van der Waals surface area (Å²) in [6.45, 7) is 2.70. The predicted octanol–water partition coefficient (Wildman–Crippen LogP) is 1.08. The second-order valence-electron chi connectivity index (χ2n) is 3.15. The van der Waals surface area contributed by atoms with Crippen LogP contribution in [0.2, 0.25) is 0 Å². The van der Waals surface area contributed by atoms with Crippen LogP contribution in [0.25, 0.3) is 0 Å². The number of nitrogens with two attached hydrogens (primary N) is 1. The van der Waals surface area contributed by atoms with Gasteiger partial charge in [-0.05, 0) is 19.5 Å². The molecule has 66 valence electrons. The van der Waals surface area contributed by atoms with Crippen molar-refractivity contribution < 1.29 is 0 Å². The lowest BCUT2D eigenvalue weighted by Gasteiger charge is -2.27. The monoisotopic (exact) mass is 164 g/mol. The van der Waals surface area contributed by atoms with E-state index in [1.807, 2.05) is 25.2 Å². The van der Waals surface area contributed by atoms with Crippen LogP contribution in [0.4, 0.5) is 0 Å². The van der Waals surface area contributed by atoms with Gasteiger partial charge < -0.3 is 11.1 Å². The molecule has 0 aliphatic heterocycles. The van der Waals surface area contributed by atoms with Gasteiger partial charge in [-0.1, -0.05) is 30.3 Å². The van der Waals surface area contributed by atoms with Crippen molar-refractivity contribution in [2.24, 2.45) is 5.73 Å². The lowest BCUT2D eigenvalue weighted by Crippen LogP contribution is -2.43. The molecule has 0 fully saturated rings. The molecule has 0 aliphatic rings. The zero-order valence-corrected chi connectivity index (χ0v) is 7.67. The first-order valence-electron chi connectivity index (χ1n) is 4.17. The smallest absolute Gasteiger partial charge is 0.0527 e. The fraction of sp³-hybridized carbons (Fsp3) is 0.400. The fourth-order valence-electron chi connectivity index (χ4n) is 1.17. The van der Waals surface area contributed by atoms with Crippen molar-refractivity contribution in [2.75, 3.05) is 13.6 Å². The van der Waals surface area contributed by atoms with Crippen LogP contribution in [0, 0.1) is 0 Å². The highest BCUT2D eigenvalue weighted by atomic mass is 15.0. The van der Waals surface area contributed by atoms with Crippen LogP contribution in [-0.4, -0.2) is 13.6 Å². The van der Waals surface area contributed by atoms with E-state index < -0.39 is 0 Å². The van der Waals surface area contributed by atoms with Gasteiger partial charge in [0.2, 0.25) is 0 Å². The van der Waals surface area contributed by atoms with Crippen LogP contribution in [-0.2, 0) is 5.54 Å². The Hall–Kier alpha value is -0.860. The van der Waals surface area contributed by atoms with Crippen molar-refractivity contribution in [1.82, 2.24) is 5.32 Å². The topological polar surface area (TPSA) is 38.0 Å². The number of hydrogen-bond donors (Lipinski definition) is 2. The normalized spacial score (nSPS) is 15.6. The largest absolute Gasteiger partial charge is 0.328 e. The Morgan fingerprint density at radius 1 is 1.33 bits per heavy atom. The van der Waals surface area contributed by atoms with E-state index in [0.717, 1.165) is 0 Å². The lowest BCUT2D eigenvalue weighted by atomic mass is 9.92. The van der Waals surface area contributed by atoms with E-state index in [0.29, 0.717) is 6.54 Å². The van der Waals surface area contributed by atoms with Gasteiger partial charge in [0.25, 0.3) is 0 Å². The molecule has 0 saturated heterocycles. The first kappa shape index (κ1) is 9.23. The molecule has 3 N–H and O–H groups in total. The summed E-state index contributed by atoms with van der Waals surface area (Å²) >= 11 is 0. The Morgan fingerprint density at radius 3 is 2.33 bits per heavy atom. The maximum absolute atomic E-state index is 5.69. The minimum atomic E-state index is -0.0960. The Labute approximate surface area is 73.8 Å². The predicted molar refractivity (Wildman–Crippen MR) is 51.9 cm³/mol. The average Bonchev–Trinajstić information content (AvgIpc) is 2.18. The standard InChI is InChI=1S/C10H16N2/c1-10(8-11,12-2)9-6-4-3-5-7-9/h3-7,12H,8,11H2,1-2H3/t10-/m0/s1. The number of benzene rings is 1. The van der Waals surface area contributed by atoms with E-state index >= 15 is 0 Å². The van der Waals surface area contributed by atoms with Gasteiger partial charge in [0.05, 0.1) is 5.54 Å². The molecular formula is C10H16N2. The molecule has 0 spiro atoms. The molecule has 0 aromatic heterocycles. The zero-order valence-electron chi connectivity index (χ0n) is 7.67. The van der Waals surface area contributed by atoms with Crippen LogP contribution in [0.3, 0.4) is 0 Å². The number of rotatable bonds is 3. The summed E-state index contributed by atoms with van der Waals surface area (Å²) < 4.78 is 0. The Kier molecular flexibility index (Phi) is 2.84. The molecule has 0 amide bonds. The van der Waals surface area contributed by atoms with Gasteiger partial charge in [-0.3, -0.25) is 0 Å². The Bertz CT molecular complexity index is 227. The molecule has 1 rings (SSSR count). The molecule has 1 aromatic carbocycles. The van der Waals surface area contributed by atoms with Crippen molar-refractivity contribution in [3.05, 3.63) is 35.9 Å². The molecule has 0 radical (unpaired) electrons. The summed E-state index contributed by atoms with van der Waals surface area (Å²) in [5.74, 6) is 0. The highest BCUT2D eigenvalue weighted by Gasteiger charge is 2.21. The number of hydrogen-bond acceptors (Lipinski definition) is 2. The third-order valence-electron chi connectivity index (χ3n) is 2.37. The van der Waals surface area contributed by atoms with E-state index in [9.17, 15) is 0 Å². The lowest BCUT2D eigenvalue weighted by molar-refractivity contribution is 0.411.